The molecule has 1 aliphatic heterocycles. The highest BCUT2D eigenvalue weighted by Gasteiger charge is 2.34. The predicted octanol–water partition coefficient (Wildman–Crippen LogP) is 4.60. The number of sulfonamides is 1. The van der Waals surface area contributed by atoms with E-state index in [1.807, 2.05) is 6.92 Å². The summed E-state index contributed by atoms with van der Waals surface area (Å²) in [6, 6.07) is 2.74. The van der Waals surface area contributed by atoms with E-state index in [-0.39, 0.29) is 26.0 Å². The van der Waals surface area contributed by atoms with Crippen LogP contribution in [-0.2, 0) is 10.0 Å². The van der Waals surface area contributed by atoms with Gasteiger partial charge in [0.1, 0.15) is 4.90 Å². The number of piperidine rings is 1. The number of rotatable bonds is 3. The molecule has 0 unspecified atom stereocenters. The van der Waals surface area contributed by atoms with Gasteiger partial charge in [0, 0.05) is 12.6 Å². The molecule has 7 heteroatoms. The quantitative estimate of drug-likeness (QED) is 0.742. The van der Waals surface area contributed by atoms with E-state index in [1.54, 1.807) is 4.31 Å². The van der Waals surface area contributed by atoms with Crippen LogP contribution in [0, 0.1) is 0 Å². The summed E-state index contributed by atoms with van der Waals surface area (Å²) in [6.45, 7) is 2.52. The van der Waals surface area contributed by atoms with Crippen molar-refractivity contribution >= 4 is 44.8 Å². The molecule has 1 saturated heterocycles. The molecule has 0 aliphatic carbocycles. The van der Waals surface area contributed by atoms with Gasteiger partial charge >= 0.3 is 0 Å². The zero-order valence-corrected chi connectivity index (χ0v) is 14.2. The van der Waals surface area contributed by atoms with Gasteiger partial charge in [-0.05, 0) is 31.4 Å². The topological polar surface area (TPSA) is 37.4 Å². The summed E-state index contributed by atoms with van der Waals surface area (Å²) in [7, 11) is -3.63. The minimum absolute atomic E-state index is 0.0271. The zero-order valence-electron chi connectivity index (χ0n) is 11.1. The highest BCUT2D eigenvalue weighted by molar-refractivity contribution is 7.89. The van der Waals surface area contributed by atoms with E-state index in [0.717, 1.165) is 25.7 Å². The van der Waals surface area contributed by atoms with Crippen molar-refractivity contribution in [3.05, 3.63) is 27.2 Å². The summed E-state index contributed by atoms with van der Waals surface area (Å²) >= 11 is 17.8. The van der Waals surface area contributed by atoms with Gasteiger partial charge in [-0.2, -0.15) is 4.31 Å². The molecular weight excluding hydrogens is 341 g/mol. The Morgan fingerprint density at radius 3 is 2.45 bits per heavy atom. The molecular formula is C13H16Cl3NO2S. The van der Waals surface area contributed by atoms with Crippen molar-refractivity contribution in [3.63, 3.8) is 0 Å². The molecule has 1 aromatic carbocycles. The summed E-state index contributed by atoms with van der Waals surface area (Å²) in [5, 5.41) is 0.556. The summed E-state index contributed by atoms with van der Waals surface area (Å²) in [6.07, 6.45) is 3.60. The van der Waals surface area contributed by atoms with Crippen LogP contribution < -0.4 is 0 Å². The fraction of sp³-hybridized carbons (Fsp3) is 0.538. The van der Waals surface area contributed by atoms with Crippen LogP contribution in [0.3, 0.4) is 0 Å². The molecule has 0 N–H and O–H groups in total. The van der Waals surface area contributed by atoms with E-state index < -0.39 is 10.0 Å². The van der Waals surface area contributed by atoms with E-state index in [2.05, 4.69) is 0 Å². The smallest absolute Gasteiger partial charge is 0.207 e. The Balaban J connectivity index is 2.46. The molecule has 1 aromatic rings. The maximum absolute atomic E-state index is 12.8. The van der Waals surface area contributed by atoms with Crippen LogP contribution in [0.4, 0.5) is 0 Å². The van der Waals surface area contributed by atoms with Gasteiger partial charge in [0.25, 0.3) is 0 Å². The van der Waals surface area contributed by atoms with Gasteiger partial charge < -0.3 is 0 Å². The van der Waals surface area contributed by atoms with E-state index >= 15 is 0 Å². The molecule has 1 heterocycles. The average molecular weight is 357 g/mol. The second-order valence-corrected chi connectivity index (χ2v) is 7.95. The van der Waals surface area contributed by atoms with Gasteiger partial charge in [-0.1, -0.05) is 48.1 Å². The first kappa shape index (κ1) is 16.4. The number of nitrogens with zero attached hydrogens (tertiary/aromatic N) is 1. The van der Waals surface area contributed by atoms with E-state index in [0.29, 0.717) is 6.54 Å². The standard InChI is InChI=1S/C13H16Cl3NO2S/c1-2-9-5-3-4-6-17(9)20(18,19)13-8-11(15)10(14)7-12(13)16/h7-9H,2-6H2,1H3/t9-/m0/s1. The lowest BCUT2D eigenvalue weighted by atomic mass is 10.0. The monoisotopic (exact) mass is 355 g/mol. The van der Waals surface area contributed by atoms with Gasteiger partial charge in [0.2, 0.25) is 10.0 Å². The SMILES string of the molecule is CC[C@H]1CCCCN1S(=O)(=O)c1cc(Cl)c(Cl)cc1Cl. The van der Waals surface area contributed by atoms with Gasteiger partial charge in [0.05, 0.1) is 15.1 Å². The molecule has 112 valence electrons. The summed E-state index contributed by atoms with van der Waals surface area (Å²) in [5.74, 6) is 0. The Kier molecular flexibility index (Phi) is 5.24. The lowest BCUT2D eigenvalue weighted by molar-refractivity contribution is 0.246. The molecule has 1 aliphatic rings. The molecule has 1 fully saturated rings. The van der Waals surface area contributed by atoms with Gasteiger partial charge in [-0.15, -0.1) is 0 Å². The van der Waals surface area contributed by atoms with Crippen LogP contribution in [0.25, 0.3) is 0 Å². The molecule has 20 heavy (non-hydrogen) atoms. The summed E-state index contributed by atoms with van der Waals surface area (Å²) < 4.78 is 27.1. The fourth-order valence-electron chi connectivity index (χ4n) is 2.53. The van der Waals surface area contributed by atoms with E-state index in [1.165, 1.54) is 12.1 Å². The van der Waals surface area contributed by atoms with Gasteiger partial charge in [0.15, 0.2) is 0 Å². The second kappa shape index (κ2) is 6.41. The third-order valence-electron chi connectivity index (χ3n) is 3.61. The molecule has 0 amide bonds. The van der Waals surface area contributed by atoms with Gasteiger partial charge in [-0.25, -0.2) is 8.42 Å². The first-order valence-electron chi connectivity index (χ1n) is 6.54. The molecule has 0 radical (unpaired) electrons. The molecule has 0 spiro atoms. The highest BCUT2D eigenvalue weighted by atomic mass is 35.5. The third kappa shape index (κ3) is 3.09. The molecule has 0 aromatic heterocycles. The maximum Gasteiger partial charge on any atom is 0.244 e. The Morgan fingerprint density at radius 1 is 1.15 bits per heavy atom. The van der Waals surface area contributed by atoms with Crippen molar-refractivity contribution in [3.8, 4) is 0 Å². The Bertz CT molecular complexity index is 604. The molecule has 3 nitrogen and oxygen atoms in total. The number of benzene rings is 1. The number of hydrogen-bond donors (Lipinski definition) is 0. The average Bonchev–Trinajstić information content (AvgIpc) is 2.42. The summed E-state index contributed by atoms with van der Waals surface area (Å²) in [5.41, 5.74) is 0. The lowest BCUT2D eigenvalue weighted by Gasteiger charge is -2.34. The fourth-order valence-corrected chi connectivity index (χ4v) is 5.27. The maximum atomic E-state index is 12.8. The Morgan fingerprint density at radius 2 is 1.80 bits per heavy atom. The minimum atomic E-state index is -3.63. The van der Waals surface area contributed by atoms with Crippen LogP contribution in [0.2, 0.25) is 15.1 Å². The van der Waals surface area contributed by atoms with Crippen LogP contribution in [-0.4, -0.2) is 25.3 Å². The van der Waals surface area contributed by atoms with E-state index in [9.17, 15) is 8.42 Å². The second-order valence-electron chi connectivity index (χ2n) is 4.87. The lowest BCUT2D eigenvalue weighted by Crippen LogP contribution is -2.43. The first-order valence-corrected chi connectivity index (χ1v) is 9.11. The molecule has 1 atom stereocenters. The highest BCUT2D eigenvalue weighted by Crippen LogP contribution is 2.35. The van der Waals surface area contributed by atoms with Crippen LogP contribution in [0.15, 0.2) is 17.0 Å². The van der Waals surface area contributed by atoms with E-state index in [4.69, 9.17) is 34.8 Å². The van der Waals surface area contributed by atoms with Crippen molar-refractivity contribution in [1.82, 2.24) is 4.31 Å². The van der Waals surface area contributed by atoms with Gasteiger partial charge in [-0.3, -0.25) is 0 Å². The number of hydrogen-bond acceptors (Lipinski definition) is 2. The molecule has 0 saturated carbocycles. The van der Waals surface area contributed by atoms with Crippen LogP contribution >= 0.6 is 34.8 Å². The van der Waals surface area contributed by atoms with Crippen molar-refractivity contribution in [2.75, 3.05) is 6.54 Å². The number of halogens is 3. The normalized spacial score (nSPS) is 21.1. The minimum Gasteiger partial charge on any atom is -0.207 e. The van der Waals surface area contributed by atoms with Crippen LogP contribution in [0.1, 0.15) is 32.6 Å². The predicted molar refractivity (Wildman–Crippen MR) is 83.3 cm³/mol. The van der Waals surface area contributed by atoms with Crippen molar-refractivity contribution in [2.45, 2.75) is 43.5 Å². The largest absolute Gasteiger partial charge is 0.244 e. The first-order chi connectivity index (χ1) is 9.37. The van der Waals surface area contributed by atoms with Crippen molar-refractivity contribution in [2.24, 2.45) is 0 Å². The Hall–Kier alpha value is -0.000000000000000111. The summed E-state index contributed by atoms with van der Waals surface area (Å²) in [4.78, 5) is 0.0360. The van der Waals surface area contributed by atoms with Crippen molar-refractivity contribution < 1.29 is 8.42 Å². The molecule has 2 rings (SSSR count). The zero-order chi connectivity index (χ0) is 14.9. The third-order valence-corrected chi connectivity index (χ3v) is 6.74. The molecule has 0 bridgehead atoms. The van der Waals surface area contributed by atoms with Crippen LogP contribution in [0.5, 0.6) is 0 Å². The van der Waals surface area contributed by atoms with Crippen molar-refractivity contribution in [1.29, 1.82) is 0 Å². The Labute approximate surface area is 134 Å².